The van der Waals surface area contributed by atoms with E-state index < -0.39 is 0 Å². The summed E-state index contributed by atoms with van der Waals surface area (Å²) in [5, 5.41) is 14.1. The number of hydrogen-bond acceptors (Lipinski definition) is 7. The van der Waals surface area contributed by atoms with E-state index in [0.29, 0.717) is 17.1 Å². The summed E-state index contributed by atoms with van der Waals surface area (Å²) < 4.78 is 5.12. The molecule has 1 saturated carbocycles. The number of anilines is 2. The standard InChI is InChI=1S/C24H30ClN5OS/c1-31-12-11-26-18-7-9-19(10-8-18)29-23-13-20(21(25)15-27-23)22-16-32-24(30-22)28-14-17-5-3-2-4-6-17/h2-6,13,15-16,18-19,26H,7-12,14H2,1H3,(H,27,29)(H,28,30)/t18-,19-. The molecule has 0 bridgehead atoms. The van der Waals surface area contributed by atoms with Crippen LogP contribution in [-0.4, -0.2) is 42.3 Å². The van der Waals surface area contributed by atoms with E-state index in [2.05, 4.69) is 33.1 Å². The van der Waals surface area contributed by atoms with Crippen molar-refractivity contribution >= 4 is 33.9 Å². The third-order valence-corrected chi connectivity index (χ3v) is 6.84. The molecular formula is C24H30ClN5OS. The monoisotopic (exact) mass is 471 g/mol. The summed E-state index contributed by atoms with van der Waals surface area (Å²) >= 11 is 8.06. The number of pyridine rings is 1. The van der Waals surface area contributed by atoms with Crippen molar-refractivity contribution in [1.29, 1.82) is 0 Å². The first-order valence-corrected chi connectivity index (χ1v) is 12.3. The largest absolute Gasteiger partial charge is 0.383 e. The van der Waals surface area contributed by atoms with E-state index in [-0.39, 0.29) is 0 Å². The van der Waals surface area contributed by atoms with E-state index in [4.69, 9.17) is 21.3 Å². The molecule has 6 nitrogen and oxygen atoms in total. The van der Waals surface area contributed by atoms with Crippen molar-refractivity contribution in [3.63, 3.8) is 0 Å². The maximum absolute atomic E-state index is 6.47. The minimum absolute atomic E-state index is 0.426. The number of nitrogens with zero attached hydrogens (tertiary/aromatic N) is 2. The number of rotatable bonds is 10. The lowest BCUT2D eigenvalue weighted by Gasteiger charge is -2.30. The number of nitrogens with one attached hydrogen (secondary N) is 3. The zero-order valence-electron chi connectivity index (χ0n) is 18.3. The van der Waals surface area contributed by atoms with Crippen LogP contribution in [0, 0.1) is 0 Å². The Bertz CT molecular complexity index is 976. The highest BCUT2D eigenvalue weighted by atomic mass is 35.5. The van der Waals surface area contributed by atoms with Gasteiger partial charge in [0.25, 0.3) is 0 Å². The first kappa shape index (κ1) is 23.0. The van der Waals surface area contributed by atoms with Crippen molar-refractivity contribution in [3.8, 4) is 11.3 Å². The van der Waals surface area contributed by atoms with Crippen LogP contribution in [0.1, 0.15) is 31.2 Å². The number of benzene rings is 1. The van der Waals surface area contributed by atoms with E-state index in [0.717, 1.165) is 67.6 Å². The number of halogens is 1. The Morgan fingerprint density at radius 3 is 2.69 bits per heavy atom. The molecule has 3 N–H and O–H groups in total. The van der Waals surface area contributed by atoms with E-state index in [1.807, 2.05) is 29.6 Å². The van der Waals surface area contributed by atoms with Gasteiger partial charge in [-0.05, 0) is 37.3 Å². The molecule has 0 radical (unpaired) electrons. The molecule has 1 aromatic carbocycles. The van der Waals surface area contributed by atoms with Crippen LogP contribution >= 0.6 is 22.9 Å². The second kappa shape index (κ2) is 11.6. The normalized spacial score (nSPS) is 18.4. The third kappa shape index (κ3) is 6.42. The molecule has 0 amide bonds. The zero-order chi connectivity index (χ0) is 22.2. The Kier molecular flexibility index (Phi) is 8.34. The molecule has 2 aromatic heterocycles. The third-order valence-electron chi connectivity index (χ3n) is 5.74. The van der Waals surface area contributed by atoms with Gasteiger partial charge in [-0.1, -0.05) is 41.9 Å². The first-order valence-electron chi connectivity index (χ1n) is 11.1. The molecule has 0 unspecified atom stereocenters. The second-order valence-corrected chi connectivity index (χ2v) is 9.33. The van der Waals surface area contributed by atoms with Gasteiger partial charge in [-0.3, -0.25) is 0 Å². The minimum atomic E-state index is 0.426. The van der Waals surface area contributed by atoms with Gasteiger partial charge in [0, 0.05) is 49.4 Å². The number of ether oxygens (including phenoxy) is 1. The molecule has 0 spiro atoms. The van der Waals surface area contributed by atoms with Crippen LogP contribution in [0.4, 0.5) is 10.9 Å². The number of methoxy groups -OCH3 is 1. The SMILES string of the molecule is COCCN[C@H]1CC[C@H](Nc2cc(-c3csc(NCc4ccccc4)n3)c(Cl)cn2)CC1. The van der Waals surface area contributed by atoms with Crippen LogP contribution in [0.5, 0.6) is 0 Å². The van der Waals surface area contributed by atoms with Crippen molar-refractivity contribution in [2.24, 2.45) is 0 Å². The Morgan fingerprint density at radius 2 is 1.91 bits per heavy atom. The average molecular weight is 472 g/mol. The lowest BCUT2D eigenvalue weighted by molar-refractivity contribution is 0.191. The Hall–Kier alpha value is -2.19. The summed E-state index contributed by atoms with van der Waals surface area (Å²) in [5.74, 6) is 0.854. The van der Waals surface area contributed by atoms with Crippen LogP contribution < -0.4 is 16.0 Å². The van der Waals surface area contributed by atoms with Gasteiger partial charge in [-0.25, -0.2) is 9.97 Å². The van der Waals surface area contributed by atoms with E-state index in [1.165, 1.54) is 5.56 Å². The summed E-state index contributed by atoms with van der Waals surface area (Å²) in [4.78, 5) is 9.24. The van der Waals surface area contributed by atoms with Crippen LogP contribution in [0.25, 0.3) is 11.3 Å². The molecular weight excluding hydrogens is 442 g/mol. The molecule has 0 saturated heterocycles. The van der Waals surface area contributed by atoms with E-state index in [9.17, 15) is 0 Å². The fourth-order valence-electron chi connectivity index (χ4n) is 3.98. The summed E-state index contributed by atoms with van der Waals surface area (Å²) in [6.07, 6.45) is 6.27. The van der Waals surface area contributed by atoms with Crippen LogP contribution in [0.2, 0.25) is 5.02 Å². The lowest BCUT2D eigenvalue weighted by Crippen LogP contribution is -2.38. The van der Waals surface area contributed by atoms with Gasteiger partial charge in [-0.15, -0.1) is 11.3 Å². The maximum Gasteiger partial charge on any atom is 0.183 e. The smallest absolute Gasteiger partial charge is 0.183 e. The van der Waals surface area contributed by atoms with Gasteiger partial charge in [0.1, 0.15) is 5.82 Å². The summed E-state index contributed by atoms with van der Waals surface area (Å²) in [6, 6.07) is 13.3. The van der Waals surface area contributed by atoms with Gasteiger partial charge >= 0.3 is 0 Å². The number of thiazole rings is 1. The van der Waals surface area contributed by atoms with Crippen molar-refractivity contribution in [2.45, 2.75) is 44.3 Å². The highest BCUT2D eigenvalue weighted by molar-refractivity contribution is 7.14. The maximum atomic E-state index is 6.47. The van der Waals surface area contributed by atoms with E-state index >= 15 is 0 Å². The molecule has 8 heteroatoms. The molecule has 1 fully saturated rings. The van der Waals surface area contributed by atoms with Crippen molar-refractivity contribution in [2.75, 3.05) is 30.9 Å². The highest BCUT2D eigenvalue weighted by Crippen LogP contribution is 2.32. The Labute approximate surface area is 198 Å². The molecule has 1 aliphatic rings. The highest BCUT2D eigenvalue weighted by Gasteiger charge is 2.21. The van der Waals surface area contributed by atoms with Gasteiger partial charge in [0.05, 0.1) is 17.3 Å². The molecule has 4 rings (SSSR count). The fraction of sp³-hybridized carbons (Fsp3) is 0.417. The summed E-state index contributed by atoms with van der Waals surface area (Å²) in [5.41, 5.74) is 3.00. The zero-order valence-corrected chi connectivity index (χ0v) is 19.9. The van der Waals surface area contributed by atoms with Gasteiger partial charge in [0.15, 0.2) is 5.13 Å². The van der Waals surface area contributed by atoms with Crippen molar-refractivity contribution in [3.05, 3.63) is 58.6 Å². The van der Waals surface area contributed by atoms with E-state index in [1.54, 1.807) is 24.6 Å². The fourth-order valence-corrected chi connectivity index (χ4v) is 4.89. The lowest BCUT2D eigenvalue weighted by atomic mass is 9.91. The average Bonchev–Trinajstić information content (AvgIpc) is 3.30. The molecule has 0 aliphatic heterocycles. The quantitative estimate of drug-likeness (QED) is 0.342. The predicted octanol–water partition coefficient (Wildman–Crippen LogP) is 5.43. The molecule has 2 heterocycles. The van der Waals surface area contributed by atoms with Crippen molar-refractivity contribution < 1.29 is 4.74 Å². The second-order valence-electron chi connectivity index (χ2n) is 8.07. The first-order chi connectivity index (χ1) is 15.7. The summed E-state index contributed by atoms with van der Waals surface area (Å²) in [6.45, 7) is 2.42. The van der Waals surface area contributed by atoms with Gasteiger partial charge in [-0.2, -0.15) is 0 Å². The van der Waals surface area contributed by atoms with Crippen LogP contribution in [0.15, 0.2) is 48.0 Å². The van der Waals surface area contributed by atoms with Crippen LogP contribution in [-0.2, 0) is 11.3 Å². The topological polar surface area (TPSA) is 71.1 Å². The number of hydrogen-bond donors (Lipinski definition) is 3. The van der Waals surface area contributed by atoms with Gasteiger partial charge < -0.3 is 20.7 Å². The molecule has 0 atom stereocenters. The van der Waals surface area contributed by atoms with Crippen molar-refractivity contribution in [1.82, 2.24) is 15.3 Å². The van der Waals surface area contributed by atoms with Crippen LogP contribution in [0.3, 0.4) is 0 Å². The molecule has 3 aromatic rings. The summed E-state index contributed by atoms with van der Waals surface area (Å²) in [7, 11) is 1.74. The predicted molar refractivity (Wildman–Crippen MR) is 134 cm³/mol. The number of aromatic nitrogens is 2. The Morgan fingerprint density at radius 1 is 1.12 bits per heavy atom. The van der Waals surface area contributed by atoms with Gasteiger partial charge in [0.2, 0.25) is 0 Å². The molecule has 32 heavy (non-hydrogen) atoms. The minimum Gasteiger partial charge on any atom is -0.383 e. The molecule has 1 aliphatic carbocycles. The Balaban J connectivity index is 1.34. The molecule has 170 valence electrons.